The Kier molecular flexibility index (Phi) is 6.88. The zero-order valence-corrected chi connectivity index (χ0v) is 17.4. The van der Waals surface area contributed by atoms with Gasteiger partial charge in [-0.05, 0) is 41.8 Å². The highest BCUT2D eigenvalue weighted by Gasteiger charge is 2.22. The topological polar surface area (TPSA) is 75.2 Å². The van der Waals surface area contributed by atoms with Gasteiger partial charge in [-0.2, -0.15) is 0 Å². The van der Waals surface area contributed by atoms with E-state index >= 15 is 0 Å². The number of methoxy groups -OCH3 is 2. The average molecular weight is 436 g/mol. The van der Waals surface area contributed by atoms with Crippen molar-refractivity contribution in [2.24, 2.45) is 4.99 Å². The van der Waals surface area contributed by atoms with Gasteiger partial charge < -0.3 is 25.0 Å². The van der Waals surface area contributed by atoms with Gasteiger partial charge in [-0.25, -0.2) is 13.2 Å². The van der Waals surface area contributed by atoms with Crippen LogP contribution in [0.2, 0.25) is 0 Å². The summed E-state index contributed by atoms with van der Waals surface area (Å²) in [5, 5.41) is 5.12. The summed E-state index contributed by atoms with van der Waals surface area (Å²) >= 11 is 0. The van der Waals surface area contributed by atoms with Crippen molar-refractivity contribution in [3.63, 3.8) is 0 Å². The molecule has 1 amide bonds. The Balaban J connectivity index is 1.63. The molecule has 0 saturated heterocycles. The van der Waals surface area contributed by atoms with E-state index < -0.39 is 29.0 Å². The summed E-state index contributed by atoms with van der Waals surface area (Å²) in [4.78, 5) is 18.3. The van der Waals surface area contributed by atoms with Gasteiger partial charge in [0, 0.05) is 20.1 Å². The Morgan fingerprint density at radius 1 is 1.10 bits per heavy atom. The molecule has 0 bridgehead atoms. The van der Waals surface area contributed by atoms with Gasteiger partial charge in [0.2, 0.25) is 5.91 Å². The van der Waals surface area contributed by atoms with Crippen LogP contribution < -0.4 is 20.1 Å². The molecule has 1 aliphatic heterocycles. The molecule has 3 rings (SSSR count). The summed E-state index contributed by atoms with van der Waals surface area (Å²) in [6.07, 6.45) is 0.739. The largest absolute Gasteiger partial charge is 0.493 e. The minimum atomic E-state index is -1.64. The Bertz CT molecular complexity index is 1010. The second-order valence-electron chi connectivity index (χ2n) is 6.82. The summed E-state index contributed by atoms with van der Waals surface area (Å²) in [7, 11) is 4.74. The zero-order valence-electron chi connectivity index (χ0n) is 17.4. The van der Waals surface area contributed by atoms with Gasteiger partial charge in [0.15, 0.2) is 34.9 Å². The molecule has 2 aromatic rings. The monoisotopic (exact) mass is 436 g/mol. The second kappa shape index (κ2) is 9.59. The molecular weight excluding hydrogens is 413 g/mol. The van der Waals surface area contributed by atoms with Crippen molar-refractivity contribution in [3.8, 4) is 11.5 Å². The molecule has 0 saturated carbocycles. The van der Waals surface area contributed by atoms with Crippen LogP contribution >= 0.6 is 0 Å². The van der Waals surface area contributed by atoms with Crippen molar-refractivity contribution in [3.05, 3.63) is 52.8 Å². The molecule has 0 unspecified atom stereocenters. The van der Waals surface area contributed by atoms with Crippen LogP contribution in [0, 0.1) is 17.5 Å². The maximum absolute atomic E-state index is 13.7. The van der Waals surface area contributed by atoms with E-state index in [2.05, 4.69) is 15.6 Å². The molecule has 1 heterocycles. The maximum Gasteiger partial charge on any atom is 0.243 e. The van der Waals surface area contributed by atoms with E-state index in [1.54, 1.807) is 21.3 Å². The molecule has 10 heteroatoms. The lowest BCUT2D eigenvalue weighted by atomic mass is 9.99. The number of amides is 1. The van der Waals surface area contributed by atoms with Crippen LogP contribution in [-0.4, -0.2) is 51.1 Å². The SMILES string of the molecule is CN=C(NCC(=O)Nc1ccc(F)c(F)c1F)N1CCc2cc(OC)c(OC)cc2C1. The first-order valence-corrected chi connectivity index (χ1v) is 9.50. The number of guanidine groups is 1. The normalized spacial score (nSPS) is 13.5. The van der Waals surface area contributed by atoms with Gasteiger partial charge in [-0.3, -0.25) is 9.79 Å². The van der Waals surface area contributed by atoms with E-state index in [0.29, 0.717) is 30.5 Å². The Labute approximate surface area is 177 Å². The van der Waals surface area contributed by atoms with Crippen molar-refractivity contribution in [1.29, 1.82) is 0 Å². The van der Waals surface area contributed by atoms with Gasteiger partial charge in [-0.1, -0.05) is 0 Å². The van der Waals surface area contributed by atoms with Crippen molar-refractivity contribution in [2.75, 3.05) is 39.7 Å². The third-order valence-corrected chi connectivity index (χ3v) is 4.95. The number of anilines is 1. The van der Waals surface area contributed by atoms with E-state index in [4.69, 9.17) is 9.47 Å². The number of hydrogen-bond donors (Lipinski definition) is 2. The van der Waals surface area contributed by atoms with Gasteiger partial charge in [0.05, 0.1) is 26.5 Å². The molecule has 0 aromatic heterocycles. The summed E-state index contributed by atoms with van der Waals surface area (Å²) < 4.78 is 50.8. The molecular formula is C21H23F3N4O3. The quantitative estimate of drug-likeness (QED) is 0.428. The number of ether oxygens (including phenoxy) is 2. The third-order valence-electron chi connectivity index (χ3n) is 4.95. The van der Waals surface area contributed by atoms with E-state index in [0.717, 1.165) is 29.7 Å². The lowest BCUT2D eigenvalue weighted by molar-refractivity contribution is -0.115. The fourth-order valence-corrected chi connectivity index (χ4v) is 3.37. The van der Waals surface area contributed by atoms with Crippen LogP contribution in [0.25, 0.3) is 0 Å². The predicted molar refractivity (Wildman–Crippen MR) is 110 cm³/mol. The first kappa shape index (κ1) is 22.3. The van der Waals surface area contributed by atoms with Crippen LogP contribution in [0.5, 0.6) is 11.5 Å². The number of aliphatic imine (C=N–C) groups is 1. The molecule has 166 valence electrons. The number of nitrogens with one attached hydrogen (secondary N) is 2. The number of halogens is 3. The number of nitrogens with zero attached hydrogens (tertiary/aromatic N) is 2. The second-order valence-corrected chi connectivity index (χ2v) is 6.82. The molecule has 0 aliphatic carbocycles. The molecule has 0 radical (unpaired) electrons. The van der Waals surface area contributed by atoms with Crippen LogP contribution in [0.3, 0.4) is 0 Å². The predicted octanol–water partition coefficient (Wildman–Crippen LogP) is 2.69. The Hall–Kier alpha value is -3.43. The maximum atomic E-state index is 13.7. The smallest absolute Gasteiger partial charge is 0.243 e. The van der Waals surface area contributed by atoms with Gasteiger partial charge in [0.1, 0.15) is 0 Å². The lowest BCUT2D eigenvalue weighted by Crippen LogP contribution is -2.46. The van der Waals surface area contributed by atoms with Crippen LogP contribution in [0.1, 0.15) is 11.1 Å². The molecule has 0 fully saturated rings. The summed E-state index contributed by atoms with van der Waals surface area (Å²) in [5.74, 6) is -3.28. The highest BCUT2D eigenvalue weighted by molar-refractivity contribution is 5.95. The molecule has 7 nitrogen and oxygen atoms in total. The highest BCUT2D eigenvalue weighted by Crippen LogP contribution is 2.33. The van der Waals surface area contributed by atoms with E-state index in [1.807, 2.05) is 17.0 Å². The van der Waals surface area contributed by atoms with Crippen molar-refractivity contribution < 1.29 is 27.4 Å². The van der Waals surface area contributed by atoms with Gasteiger partial charge in [-0.15, -0.1) is 0 Å². The molecule has 2 N–H and O–H groups in total. The van der Waals surface area contributed by atoms with E-state index in [-0.39, 0.29) is 6.54 Å². The Morgan fingerprint density at radius 2 is 1.77 bits per heavy atom. The average Bonchev–Trinajstić information content (AvgIpc) is 2.78. The van der Waals surface area contributed by atoms with Crippen LogP contribution in [-0.2, 0) is 17.8 Å². The molecule has 0 spiro atoms. The Morgan fingerprint density at radius 3 is 2.42 bits per heavy atom. The van der Waals surface area contributed by atoms with Crippen LogP contribution in [0.15, 0.2) is 29.3 Å². The molecule has 2 aromatic carbocycles. The van der Waals surface area contributed by atoms with Gasteiger partial charge >= 0.3 is 0 Å². The fraction of sp³-hybridized carbons (Fsp3) is 0.333. The number of carbonyl (C=O) groups excluding carboxylic acids is 1. The fourth-order valence-electron chi connectivity index (χ4n) is 3.37. The molecule has 1 aliphatic rings. The minimum absolute atomic E-state index is 0.236. The van der Waals surface area contributed by atoms with Gasteiger partial charge in [0.25, 0.3) is 0 Å². The van der Waals surface area contributed by atoms with E-state index in [9.17, 15) is 18.0 Å². The number of rotatable bonds is 5. The summed E-state index contributed by atoms with van der Waals surface area (Å²) in [6.45, 7) is 0.955. The third kappa shape index (κ3) is 4.84. The molecule has 31 heavy (non-hydrogen) atoms. The van der Waals surface area contributed by atoms with Crippen molar-refractivity contribution >= 4 is 17.6 Å². The van der Waals surface area contributed by atoms with Crippen LogP contribution in [0.4, 0.5) is 18.9 Å². The molecule has 0 atom stereocenters. The lowest BCUT2D eigenvalue weighted by Gasteiger charge is -2.32. The number of fused-ring (bicyclic) bond motifs is 1. The standard InChI is InChI=1S/C21H23F3N4O3/c1-25-21(26-10-18(29)27-15-5-4-14(22)19(23)20(15)24)28-7-6-12-8-16(30-2)17(31-3)9-13(12)11-28/h4-5,8-9H,6-7,10-11H2,1-3H3,(H,25,26)(H,27,29). The number of benzene rings is 2. The summed E-state index contributed by atoms with van der Waals surface area (Å²) in [6, 6.07) is 5.57. The highest BCUT2D eigenvalue weighted by atomic mass is 19.2. The first-order chi connectivity index (χ1) is 14.9. The zero-order chi connectivity index (χ0) is 22.5. The minimum Gasteiger partial charge on any atom is -0.493 e. The first-order valence-electron chi connectivity index (χ1n) is 9.50. The number of hydrogen-bond acceptors (Lipinski definition) is 4. The van der Waals surface area contributed by atoms with Crippen molar-refractivity contribution in [2.45, 2.75) is 13.0 Å². The van der Waals surface area contributed by atoms with Crippen molar-refractivity contribution in [1.82, 2.24) is 10.2 Å². The summed E-state index contributed by atoms with van der Waals surface area (Å²) in [5.41, 5.74) is 1.74. The number of carbonyl (C=O) groups is 1. The van der Waals surface area contributed by atoms with E-state index in [1.165, 1.54) is 0 Å².